The van der Waals surface area contributed by atoms with Crippen molar-refractivity contribution in [2.24, 2.45) is 5.84 Å². The van der Waals surface area contributed by atoms with Crippen molar-refractivity contribution in [3.63, 3.8) is 0 Å². The van der Waals surface area contributed by atoms with E-state index < -0.39 is 0 Å². The molecule has 0 amide bonds. The van der Waals surface area contributed by atoms with Crippen LogP contribution in [-0.2, 0) is 0 Å². The van der Waals surface area contributed by atoms with Crippen LogP contribution in [0.5, 0.6) is 0 Å². The lowest BCUT2D eigenvalue weighted by atomic mass is 9.97. The van der Waals surface area contributed by atoms with Crippen molar-refractivity contribution < 1.29 is 0 Å². The summed E-state index contributed by atoms with van der Waals surface area (Å²) in [5, 5.41) is 2.20. The number of hydrogen-bond acceptors (Lipinski definition) is 3. The van der Waals surface area contributed by atoms with E-state index in [1.54, 1.807) is 18.3 Å². The van der Waals surface area contributed by atoms with Gasteiger partial charge in [0.15, 0.2) is 0 Å². The Morgan fingerprint density at radius 3 is 2.48 bits per heavy atom. The third kappa shape index (κ3) is 2.74. The maximum atomic E-state index is 6.28. The first-order valence-electron chi connectivity index (χ1n) is 6.45. The first-order valence-corrected chi connectivity index (χ1v) is 7.21. The molecule has 0 aliphatic rings. The van der Waals surface area contributed by atoms with Crippen molar-refractivity contribution in [2.45, 2.75) is 6.04 Å². The predicted molar refractivity (Wildman–Crippen MR) is 87.4 cm³/mol. The van der Waals surface area contributed by atoms with Gasteiger partial charge < -0.3 is 0 Å². The number of nitrogens with one attached hydrogen (secondary N) is 1. The van der Waals surface area contributed by atoms with Gasteiger partial charge in [-0.15, -0.1) is 0 Å². The number of halogens is 2. The van der Waals surface area contributed by atoms with Crippen LogP contribution >= 0.6 is 23.2 Å². The lowest BCUT2D eigenvalue weighted by Crippen LogP contribution is -2.29. The minimum atomic E-state index is -0.282. The molecule has 1 heterocycles. The maximum Gasteiger partial charge on any atom is 0.0739 e. The smallest absolute Gasteiger partial charge is 0.0739 e. The highest BCUT2D eigenvalue weighted by Crippen LogP contribution is 2.34. The summed E-state index contributed by atoms with van der Waals surface area (Å²) >= 11 is 12.6. The molecule has 3 N–H and O–H groups in total. The lowest BCUT2D eigenvalue weighted by molar-refractivity contribution is 0.638. The highest BCUT2D eigenvalue weighted by Gasteiger charge is 2.19. The van der Waals surface area contributed by atoms with Gasteiger partial charge >= 0.3 is 0 Å². The number of rotatable bonds is 3. The van der Waals surface area contributed by atoms with Gasteiger partial charge in [-0.1, -0.05) is 41.4 Å². The summed E-state index contributed by atoms with van der Waals surface area (Å²) in [7, 11) is 0. The highest BCUT2D eigenvalue weighted by atomic mass is 35.5. The number of fused-ring (bicyclic) bond motifs is 1. The van der Waals surface area contributed by atoms with E-state index in [0.29, 0.717) is 10.0 Å². The summed E-state index contributed by atoms with van der Waals surface area (Å²) in [5.41, 5.74) is 5.47. The third-order valence-corrected chi connectivity index (χ3v) is 4.07. The molecule has 106 valence electrons. The van der Waals surface area contributed by atoms with Crippen molar-refractivity contribution in [1.82, 2.24) is 10.4 Å². The summed E-state index contributed by atoms with van der Waals surface area (Å²) in [5.74, 6) is 5.74. The third-order valence-electron chi connectivity index (χ3n) is 3.42. The van der Waals surface area contributed by atoms with Crippen LogP contribution in [-0.4, -0.2) is 4.98 Å². The fourth-order valence-corrected chi connectivity index (χ4v) is 3.02. The highest BCUT2D eigenvalue weighted by molar-refractivity contribution is 6.36. The number of aromatic nitrogens is 1. The molecule has 0 saturated carbocycles. The van der Waals surface area contributed by atoms with Crippen LogP contribution < -0.4 is 11.3 Å². The molecule has 21 heavy (non-hydrogen) atoms. The van der Waals surface area contributed by atoms with Crippen LogP contribution in [0.3, 0.4) is 0 Å². The van der Waals surface area contributed by atoms with Crippen LogP contribution in [0.2, 0.25) is 10.0 Å². The lowest BCUT2D eigenvalue weighted by Gasteiger charge is -2.20. The maximum absolute atomic E-state index is 6.28. The first kappa shape index (κ1) is 14.3. The number of nitrogens with two attached hydrogens (primary N) is 1. The van der Waals surface area contributed by atoms with Crippen molar-refractivity contribution in [1.29, 1.82) is 0 Å². The zero-order valence-electron chi connectivity index (χ0n) is 11.1. The van der Waals surface area contributed by atoms with Crippen LogP contribution in [0.4, 0.5) is 0 Å². The van der Waals surface area contributed by atoms with Crippen molar-refractivity contribution in [3.8, 4) is 0 Å². The van der Waals surface area contributed by atoms with Gasteiger partial charge in [0.2, 0.25) is 0 Å². The molecular weight excluding hydrogens is 305 g/mol. The van der Waals surface area contributed by atoms with Gasteiger partial charge in [-0.25, -0.2) is 5.43 Å². The number of pyridine rings is 1. The zero-order chi connectivity index (χ0) is 14.8. The Morgan fingerprint density at radius 2 is 1.76 bits per heavy atom. The van der Waals surface area contributed by atoms with E-state index in [1.807, 2.05) is 36.4 Å². The van der Waals surface area contributed by atoms with Gasteiger partial charge in [0.05, 0.1) is 11.6 Å². The molecule has 1 aromatic heterocycles. The van der Waals surface area contributed by atoms with Crippen molar-refractivity contribution in [2.75, 3.05) is 0 Å². The number of hydrazine groups is 1. The van der Waals surface area contributed by atoms with Crippen molar-refractivity contribution in [3.05, 3.63) is 75.9 Å². The summed E-state index contributed by atoms with van der Waals surface area (Å²) < 4.78 is 0. The summed E-state index contributed by atoms with van der Waals surface area (Å²) in [4.78, 5) is 4.31. The van der Waals surface area contributed by atoms with Gasteiger partial charge in [0, 0.05) is 27.2 Å². The Balaban J connectivity index is 2.14. The van der Waals surface area contributed by atoms with E-state index in [2.05, 4.69) is 10.4 Å². The number of benzene rings is 2. The average Bonchev–Trinajstić information content (AvgIpc) is 2.50. The molecule has 0 saturated heterocycles. The Morgan fingerprint density at radius 1 is 1.00 bits per heavy atom. The predicted octanol–water partition coefficient (Wildman–Crippen LogP) is 4.09. The Labute approximate surface area is 132 Å². The second-order valence-electron chi connectivity index (χ2n) is 4.69. The van der Waals surface area contributed by atoms with Gasteiger partial charge in [-0.3, -0.25) is 10.8 Å². The van der Waals surface area contributed by atoms with E-state index in [9.17, 15) is 0 Å². The minimum absolute atomic E-state index is 0.282. The molecule has 0 aliphatic heterocycles. The quantitative estimate of drug-likeness (QED) is 0.565. The second kappa shape index (κ2) is 6.00. The summed E-state index contributed by atoms with van der Waals surface area (Å²) in [6.07, 6.45) is 1.77. The molecule has 0 spiro atoms. The van der Waals surface area contributed by atoms with Crippen molar-refractivity contribution >= 4 is 34.1 Å². The fraction of sp³-hybridized carbons (Fsp3) is 0.0625. The molecule has 5 heteroatoms. The van der Waals surface area contributed by atoms with E-state index in [-0.39, 0.29) is 6.04 Å². The summed E-state index contributed by atoms with van der Waals surface area (Å²) in [6.45, 7) is 0. The van der Waals surface area contributed by atoms with Crippen LogP contribution in [0.25, 0.3) is 10.9 Å². The standard InChI is InChI=1S/C16H13Cl2N3/c17-12-4-1-5-13(18)15(12)16(21-19)11-6-7-14-10(9-11)3-2-8-20-14/h1-9,16,21H,19H2. The van der Waals surface area contributed by atoms with Gasteiger partial charge in [-0.2, -0.15) is 0 Å². The molecule has 1 atom stereocenters. The molecule has 3 rings (SSSR count). The fourth-order valence-electron chi connectivity index (χ4n) is 2.41. The van der Waals surface area contributed by atoms with E-state index in [0.717, 1.165) is 22.0 Å². The largest absolute Gasteiger partial charge is 0.271 e. The number of nitrogens with zero attached hydrogens (tertiary/aromatic N) is 1. The minimum Gasteiger partial charge on any atom is -0.271 e. The summed E-state index contributed by atoms with van der Waals surface area (Å²) in [6, 6.07) is 15.0. The van der Waals surface area contributed by atoms with Gasteiger partial charge in [0.1, 0.15) is 0 Å². The molecule has 0 aliphatic carbocycles. The molecule has 2 aromatic carbocycles. The molecule has 3 aromatic rings. The topological polar surface area (TPSA) is 50.9 Å². The SMILES string of the molecule is NNC(c1ccc2ncccc2c1)c1c(Cl)cccc1Cl. The van der Waals surface area contributed by atoms with E-state index in [1.165, 1.54) is 0 Å². The van der Waals surface area contributed by atoms with E-state index >= 15 is 0 Å². The van der Waals surface area contributed by atoms with Gasteiger partial charge in [-0.05, 0) is 35.9 Å². The second-order valence-corrected chi connectivity index (χ2v) is 5.50. The Bertz CT molecular complexity index is 769. The molecule has 0 radical (unpaired) electrons. The monoisotopic (exact) mass is 317 g/mol. The number of hydrogen-bond donors (Lipinski definition) is 2. The van der Waals surface area contributed by atoms with Crippen LogP contribution in [0.15, 0.2) is 54.7 Å². The molecule has 1 unspecified atom stereocenters. The Kier molecular flexibility index (Phi) is 4.08. The van der Waals surface area contributed by atoms with Crippen LogP contribution in [0.1, 0.15) is 17.2 Å². The first-order chi connectivity index (χ1) is 10.2. The van der Waals surface area contributed by atoms with Crippen LogP contribution in [0, 0.1) is 0 Å². The molecule has 0 fully saturated rings. The molecule has 0 bridgehead atoms. The van der Waals surface area contributed by atoms with Gasteiger partial charge in [0.25, 0.3) is 0 Å². The normalized spacial score (nSPS) is 12.5. The zero-order valence-corrected chi connectivity index (χ0v) is 12.6. The average molecular weight is 318 g/mol. The molecule has 3 nitrogen and oxygen atoms in total. The Hall–Kier alpha value is -1.65. The van der Waals surface area contributed by atoms with E-state index in [4.69, 9.17) is 29.0 Å². The molecular formula is C16H13Cl2N3.